The molecule has 29 heavy (non-hydrogen) atoms. The van der Waals surface area contributed by atoms with Crippen LogP contribution in [0.2, 0.25) is 0 Å². The van der Waals surface area contributed by atoms with Crippen molar-refractivity contribution in [3.63, 3.8) is 0 Å². The minimum absolute atomic E-state index is 0.131. The predicted octanol–water partition coefficient (Wildman–Crippen LogP) is 6.25. The Morgan fingerprint density at radius 2 is 1.76 bits per heavy atom. The Morgan fingerprint density at radius 3 is 2.48 bits per heavy atom. The molecule has 4 aromatic rings. The first-order valence-corrected chi connectivity index (χ1v) is 9.35. The molecule has 4 nitrogen and oxygen atoms in total. The van der Waals surface area contributed by atoms with Gasteiger partial charge < -0.3 is 5.32 Å². The first-order chi connectivity index (χ1) is 13.9. The van der Waals surface area contributed by atoms with Crippen LogP contribution in [0, 0.1) is 5.82 Å². The zero-order chi connectivity index (χ0) is 20.5. The number of nitrogens with one attached hydrogen (secondary N) is 1. The lowest BCUT2D eigenvalue weighted by molar-refractivity contribution is 0.0764. The third-order valence-electron chi connectivity index (χ3n) is 4.36. The maximum atomic E-state index is 13.6. The molecule has 0 atom stereocenters. The second kappa shape index (κ2) is 7.71. The molecule has 0 radical (unpaired) electrons. The molecule has 146 valence electrons. The van der Waals surface area contributed by atoms with Gasteiger partial charge in [0.05, 0.1) is 16.6 Å². The molecule has 1 N–H and O–H groups in total. The number of fused-ring (bicyclic) bond motifs is 1. The summed E-state index contributed by atoms with van der Waals surface area (Å²) in [5.41, 5.74) is 1.87. The van der Waals surface area contributed by atoms with E-state index in [0.717, 1.165) is 10.6 Å². The van der Waals surface area contributed by atoms with Gasteiger partial charge in [-0.3, -0.25) is 9.36 Å². The lowest BCUT2D eigenvalue weighted by Crippen LogP contribution is -2.12. The molecule has 3 aromatic carbocycles. The van der Waals surface area contributed by atoms with Crippen molar-refractivity contribution in [1.82, 2.24) is 9.55 Å². The van der Waals surface area contributed by atoms with E-state index >= 15 is 0 Å². The highest BCUT2D eigenvalue weighted by Gasteiger charge is 2.19. The lowest BCUT2D eigenvalue weighted by Gasteiger charge is -2.10. The highest BCUT2D eigenvalue weighted by molar-refractivity contribution is 9.10. The van der Waals surface area contributed by atoms with E-state index in [-0.39, 0.29) is 11.4 Å². The fourth-order valence-corrected chi connectivity index (χ4v) is 3.44. The fraction of sp³-hybridized carbons (Fsp3) is 0.0476. The zero-order valence-corrected chi connectivity index (χ0v) is 16.3. The van der Waals surface area contributed by atoms with Gasteiger partial charge in [0.2, 0.25) is 0 Å². The van der Waals surface area contributed by atoms with Crippen LogP contribution in [0.25, 0.3) is 22.4 Å². The van der Waals surface area contributed by atoms with Crippen molar-refractivity contribution in [2.45, 2.75) is 6.55 Å². The molecule has 0 aliphatic carbocycles. The molecule has 0 unspecified atom stereocenters. The highest BCUT2D eigenvalue weighted by atomic mass is 79.9. The normalized spacial score (nSPS) is 11.2. The number of hydrogen-bond donors (Lipinski definition) is 1. The first kappa shape index (κ1) is 19.2. The average Bonchev–Trinajstić information content (AvgIpc) is 3.10. The van der Waals surface area contributed by atoms with E-state index in [1.807, 2.05) is 0 Å². The van der Waals surface area contributed by atoms with E-state index in [2.05, 4.69) is 26.2 Å². The third-order valence-corrected chi connectivity index (χ3v) is 5.06. The quantitative estimate of drug-likeness (QED) is 0.391. The molecule has 0 saturated heterocycles. The van der Waals surface area contributed by atoms with E-state index in [1.165, 1.54) is 12.1 Å². The van der Waals surface area contributed by atoms with E-state index in [1.54, 1.807) is 48.5 Å². The number of para-hydroxylation sites is 2. The Labute approximate surface area is 172 Å². The van der Waals surface area contributed by atoms with Crippen LogP contribution in [-0.4, -0.2) is 15.5 Å². The van der Waals surface area contributed by atoms with Gasteiger partial charge in [-0.25, -0.2) is 9.37 Å². The van der Waals surface area contributed by atoms with Gasteiger partial charge in [0.15, 0.2) is 0 Å². The monoisotopic (exact) mass is 459 g/mol. The molecule has 0 spiro atoms. The van der Waals surface area contributed by atoms with E-state index in [9.17, 15) is 18.0 Å². The molecule has 0 fully saturated rings. The molecular formula is C21H13BrF3N3O. The number of nitrogens with zero attached hydrogens (tertiary/aromatic N) is 2. The molecule has 8 heteroatoms. The summed E-state index contributed by atoms with van der Waals surface area (Å²) in [6.07, 6.45) is 0. The second-order valence-electron chi connectivity index (χ2n) is 6.23. The van der Waals surface area contributed by atoms with E-state index < -0.39 is 18.3 Å². The molecule has 1 amide bonds. The third kappa shape index (κ3) is 3.75. The highest BCUT2D eigenvalue weighted by Crippen LogP contribution is 2.30. The van der Waals surface area contributed by atoms with E-state index in [0.29, 0.717) is 26.8 Å². The Morgan fingerprint density at radius 1 is 1.03 bits per heavy atom. The number of halogens is 4. The molecule has 0 aliphatic heterocycles. The maximum Gasteiger partial charge on any atom is 0.320 e. The predicted molar refractivity (Wildman–Crippen MR) is 108 cm³/mol. The number of alkyl halides is 2. The number of anilines is 1. The van der Waals surface area contributed by atoms with Crippen molar-refractivity contribution < 1.29 is 18.0 Å². The summed E-state index contributed by atoms with van der Waals surface area (Å²) in [7, 11) is 0. The van der Waals surface area contributed by atoms with Gasteiger partial charge >= 0.3 is 6.55 Å². The van der Waals surface area contributed by atoms with Gasteiger partial charge in [0.1, 0.15) is 11.6 Å². The lowest BCUT2D eigenvalue weighted by atomic mass is 10.1. The Kier molecular flexibility index (Phi) is 5.10. The number of amides is 1. The van der Waals surface area contributed by atoms with Crippen LogP contribution >= 0.6 is 15.9 Å². The van der Waals surface area contributed by atoms with Gasteiger partial charge in [0.25, 0.3) is 5.91 Å². The number of hydrogen-bond acceptors (Lipinski definition) is 2. The van der Waals surface area contributed by atoms with Crippen LogP contribution in [-0.2, 0) is 0 Å². The standard InChI is InChI=1S/C21H13BrF3N3O/c22-16-10-7-13(23)11-15(16)20(29)26-14-8-5-12(6-9-14)19-27-17-3-1-2-4-18(17)28(19)21(24)25/h1-11,21H,(H,26,29). The van der Waals surface area contributed by atoms with Crippen LogP contribution in [0.1, 0.15) is 16.9 Å². The second-order valence-corrected chi connectivity index (χ2v) is 7.08. The summed E-state index contributed by atoms with van der Waals surface area (Å²) < 4.78 is 42.0. The van der Waals surface area contributed by atoms with Crippen molar-refractivity contribution in [2.24, 2.45) is 0 Å². The number of aromatic nitrogens is 2. The summed E-state index contributed by atoms with van der Waals surface area (Å²) in [5, 5.41) is 2.66. The van der Waals surface area contributed by atoms with E-state index in [4.69, 9.17) is 0 Å². The SMILES string of the molecule is O=C(Nc1ccc(-c2nc3ccccc3n2C(F)F)cc1)c1cc(F)ccc1Br. The first-order valence-electron chi connectivity index (χ1n) is 8.56. The number of carbonyl (C=O) groups is 1. The summed E-state index contributed by atoms with van der Waals surface area (Å²) >= 11 is 3.22. The van der Waals surface area contributed by atoms with Crippen LogP contribution in [0.4, 0.5) is 18.9 Å². The van der Waals surface area contributed by atoms with Crippen molar-refractivity contribution >= 4 is 38.6 Å². The number of benzene rings is 3. The topological polar surface area (TPSA) is 46.9 Å². The number of rotatable bonds is 4. The van der Waals surface area contributed by atoms with Crippen molar-refractivity contribution in [3.8, 4) is 11.4 Å². The van der Waals surface area contributed by atoms with Crippen LogP contribution < -0.4 is 5.32 Å². The average molecular weight is 460 g/mol. The van der Waals surface area contributed by atoms with Gasteiger partial charge in [-0.2, -0.15) is 8.78 Å². The zero-order valence-electron chi connectivity index (χ0n) is 14.7. The van der Waals surface area contributed by atoms with Crippen LogP contribution in [0.3, 0.4) is 0 Å². The molecule has 0 aliphatic rings. The van der Waals surface area contributed by atoms with Crippen molar-refractivity contribution in [3.05, 3.63) is 82.6 Å². The summed E-state index contributed by atoms with van der Waals surface area (Å²) in [5.74, 6) is -0.893. The molecule has 4 rings (SSSR count). The summed E-state index contributed by atoms with van der Waals surface area (Å²) in [4.78, 5) is 16.7. The fourth-order valence-electron chi connectivity index (χ4n) is 3.02. The molecule has 0 saturated carbocycles. The largest absolute Gasteiger partial charge is 0.322 e. The van der Waals surface area contributed by atoms with Crippen LogP contribution in [0.15, 0.2) is 71.2 Å². The maximum absolute atomic E-state index is 13.6. The Hall–Kier alpha value is -3.13. The molecule has 1 aromatic heterocycles. The minimum atomic E-state index is -2.75. The van der Waals surface area contributed by atoms with Crippen molar-refractivity contribution in [1.29, 1.82) is 0 Å². The molecular weight excluding hydrogens is 447 g/mol. The number of carbonyl (C=O) groups excluding carboxylic acids is 1. The van der Waals surface area contributed by atoms with Crippen LogP contribution in [0.5, 0.6) is 0 Å². The smallest absolute Gasteiger partial charge is 0.320 e. The molecule has 1 heterocycles. The summed E-state index contributed by atoms with van der Waals surface area (Å²) in [6.45, 7) is -2.75. The summed E-state index contributed by atoms with van der Waals surface area (Å²) in [6, 6.07) is 16.8. The van der Waals surface area contributed by atoms with Gasteiger partial charge in [-0.15, -0.1) is 0 Å². The van der Waals surface area contributed by atoms with Crippen molar-refractivity contribution in [2.75, 3.05) is 5.32 Å². The number of imidazole rings is 1. The minimum Gasteiger partial charge on any atom is -0.322 e. The van der Waals surface area contributed by atoms with Gasteiger partial charge in [-0.05, 0) is 70.5 Å². The van der Waals surface area contributed by atoms with Gasteiger partial charge in [-0.1, -0.05) is 12.1 Å². The molecule has 0 bridgehead atoms. The Bertz CT molecular complexity index is 1210. The van der Waals surface area contributed by atoms with Gasteiger partial charge in [0, 0.05) is 15.7 Å². The Balaban J connectivity index is 1.63.